The van der Waals surface area contributed by atoms with Gasteiger partial charge >= 0.3 is 5.97 Å². The van der Waals surface area contributed by atoms with E-state index in [4.69, 9.17) is 20.2 Å². The van der Waals surface area contributed by atoms with Crippen LogP contribution in [0.5, 0.6) is 0 Å². The maximum absolute atomic E-state index is 15.0. The number of aryl methyl sites for hydroxylation is 1. The molecule has 2 aliphatic heterocycles. The number of hydrogen-bond acceptors (Lipinski definition) is 9. The molecule has 0 saturated carbocycles. The molecule has 2 aromatic heterocycles. The van der Waals surface area contributed by atoms with E-state index in [1.54, 1.807) is 13.0 Å². The molecule has 0 radical (unpaired) electrons. The second kappa shape index (κ2) is 10.0. The van der Waals surface area contributed by atoms with Crippen molar-refractivity contribution in [1.29, 1.82) is 0 Å². The summed E-state index contributed by atoms with van der Waals surface area (Å²) in [4.78, 5) is 56.1. The van der Waals surface area contributed by atoms with Crippen LogP contribution < -0.4 is 16.6 Å². The summed E-state index contributed by atoms with van der Waals surface area (Å²) in [5, 5.41) is 14.2. The predicted octanol–water partition coefficient (Wildman–Crippen LogP) is 0.458. The summed E-state index contributed by atoms with van der Waals surface area (Å²) in [6, 6.07) is 2.43. The highest BCUT2D eigenvalue weighted by Crippen LogP contribution is 2.45. The number of hydrogen-bond donors (Lipinski definition) is 3. The third-order valence-corrected chi connectivity index (χ3v) is 8.10. The van der Waals surface area contributed by atoms with Crippen molar-refractivity contribution in [2.24, 2.45) is 5.73 Å². The number of aliphatic hydroxyl groups excluding tert-OH is 1. The van der Waals surface area contributed by atoms with Gasteiger partial charge in [-0.2, -0.15) is 0 Å². The quantitative estimate of drug-likeness (QED) is 0.222. The zero-order valence-corrected chi connectivity index (χ0v) is 22.5. The Balaban J connectivity index is 1.42. The molecular formula is C28H28FN5O7. The summed E-state index contributed by atoms with van der Waals surface area (Å²) in [6.45, 7) is 1.02. The highest BCUT2D eigenvalue weighted by molar-refractivity contribution is 5.93. The summed E-state index contributed by atoms with van der Waals surface area (Å²) in [6.07, 6.45) is -0.624. The van der Waals surface area contributed by atoms with E-state index < -0.39 is 35.4 Å². The van der Waals surface area contributed by atoms with Crippen molar-refractivity contribution in [2.75, 3.05) is 26.9 Å². The van der Waals surface area contributed by atoms with Crippen molar-refractivity contribution < 1.29 is 33.4 Å². The van der Waals surface area contributed by atoms with Crippen LogP contribution in [0, 0.1) is 12.7 Å². The first-order valence-corrected chi connectivity index (χ1v) is 13.2. The summed E-state index contributed by atoms with van der Waals surface area (Å²) in [5.41, 5.74) is 9.23. The molecule has 41 heavy (non-hydrogen) atoms. The van der Waals surface area contributed by atoms with Gasteiger partial charge in [-0.25, -0.2) is 14.2 Å². The van der Waals surface area contributed by atoms with Gasteiger partial charge in [0, 0.05) is 29.6 Å². The number of esters is 1. The number of fused-ring (bicyclic) bond motifs is 5. The van der Waals surface area contributed by atoms with E-state index in [1.165, 1.54) is 22.6 Å². The van der Waals surface area contributed by atoms with Crippen molar-refractivity contribution >= 4 is 28.7 Å². The van der Waals surface area contributed by atoms with Gasteiger partial charge in [-0.15, -0.1) is 0 Å². The number of nitrogens with two attached hydrogens (primary N) is 1. The van der Waals surface area contributed by atoms with Crippen LogP contribution in [-0.4, -0.2) is 64.3 Å². The molecule has 13 heteroatoms. The van der Waals surface area contributed by atoms with Crippen molar-refractivity contribution in [1.82, 2.24) is 19.8 Å². The van der Waals surface area contributed by atoms with Gasteiger partial charge in [-0.05, 0) is 42.5 Å². The van der Waals surface area contributed by atoms with Gasteiger partial charge in [0.2, 0.25) is 11.8 Å². The lowest BCUT2D eigenvalue weighted by Gasteiger charge is -2.30. The van der Waals surface area contributed by atoms with Gasteiger partial charge in [0.25, 0.3) is 5.56 Å². The molecule has 214 valence electrons. The number of rotatable bonds is 6. The summed E-state index contributed by atoms with van der Waals surface area (Å²) < 4.78 is 26.9. The third kappa shape index (κ3) is 4.28. The lowest BCUT2D eigenvalue weighted by molar-refractivity contribution is -0.157. The summed E-state index contributed by atoms with van der Waals surface area (Å²) in [5.74, 6) is -1.98. The van der Waals surface area contributed by atoms with Crippen molar-refractivity contribution in [3.8, 4) is 11.4 Å². The number of carbonyl (C=O) groups is 3. The first-order valence-electron chi connectivity index (χ1n) is 13.2. The van der Waals surface area contributed by atoms with Gasteiger partial charge in [-0.3, -0.25) is 14.4 Å². The van der Waals surface area contributed by atoms with E-state index in [9.17, 15) is 28.7 Å². The summed E-state index contributed by atoms with van der Waals surface area (Å²) in [7, 11) is 1.52. The standard InChI is InChI=1S/C28H28FN5O7/c1-12-13-3-4-18(31-21(35)10-40-11-33(2)22(36)7-30)24-15-8-34-20(25(15)32-19(23(13)24)6-17(12)29)5-14-16(27(34)38)9-41-28(39)26(14)37/h5-6,18,26,37H,3-4,7-11,30H2,1-2H3,(H,31,35)/t18-,26-/m0/s1. The molecule has 0 saturated heterocycles. The molecule has 0 unspecified atom stereocenters. The van der Waals surface area contributed by atoms with E-state index in [1.807, 2.05) is 0 Å². The minimum Gasteiger partial charge on any atom is -0.458 e. The number of halogens is 1. The Kier molecular flexibility index (Phi) is 6.59. The van der Waals surface area contributed by atoms with E-state index in [-0.39, 0.29) is 50.1 Å². The Morgan fingerprint density at radius 3 is 2.83 bits per heavy atom. The van der Waals surface area contributed by atoms with Crippen LogP contribution in [0.2, 0.25) is 0 Å². The zero-order valence-electron chi connectivity index (χ0n) is 22.5. The lowest BCUT2D eigenvalue weighted by atomic mass is 9.81. The second-order valence-electron chi connectivity index (χ2n) is 10.5. The topological polar surface area (TPSA) is 166 Å². The molecule has 0 fully saturated rings. The van der Waals surface area contributed by atoms with E-state index >= 15 is 0 Å². The molecule has 1 aromatic carbocycles. The molecule has 6 rings (SSSR count). The molecule has 2 atom stereocenters. The zero-order chi connectivity index (χ0) is 29.2. The first kappa shape index (κ1) is 27.0. The maximum atomic E-state index is 15.0. The van der Waals surface area contributed by atoms with Gasteiger partial charge < -0.3 is 35.1 Å². The Bertz CT molecular complexity index is 1720. The van der Waals surface area contributed by atoms with Crippen LogP contribution in [0.25, 0.3) is 22.3 Å². The van der Waals surface area contributed by atoms with Gasteiger partial charge in [0.15, 0.2) is 6.10 Å². The maximum Gasteiger partial charge on any atom is 0.340 e. The fourth-order valence-electron chi connectivity index (χ4n) is 5.98. The molecular weight excluding hydrogens is 537 g/mol. The lowest BCUT2D eigenvalue weighted by Crippen LogP contribution is -2.37. The molecule has 3 aliphatic rings. The van der Waals surface area contributed by atoms with Gasteiger partial charge in [0.1, 0.15) is 25.8 Å². The third-order valence-electron chi connectivity index (χ3n) is 8.10. The number of aliphatic hydroxyl groups is 1. The number of aromatic nitrogens is 2. The number of nitrogens with one attached hydrogen (secondary N) is 1. The monoisotopic (exact) mass is 565 g/mol. The Hall–Kier alpha value is -4.20. The van der Waals surface area contributed by atoms with Crippen molar-refractivity contribution in [3.63, 3.8) is 0 Å². The SMILES string of the molecule is Cc1c(F)cc2nc3c(c4c2c1CC[C@@H]4NC(=O)COCN(C)C(=O)CN)Cn1c-3cc2c(c1=O)COC(=O)[C@H]2O. The highest BCUT2D eigenvalue weighted by Gasteiger charge is 2.37. The fourth-order valence-corrected chi connectivity index (χ4v) is 5.98. The molecule has 12 nitrogen and oxygen atoms in total. The molecule has 2 amide bonds. The Labute approximate surface area is 232 Å². The number of carbonyl (C=O) groups excluding carboxylic acids is 3. The van der Waals surface area contributed by atoms with Crippen LogP contribution >= 0.6 is 0 Å². The van der Waals surface area contributed by atoms with Crippen molar-refractivity contribution in [2.45, 2.75) is 45.1 Å². The number of likely N-dealkylation sites (N-methyl/N-ethyl adjacent to an activating group) is 1. The minimum absolute atomic E-state index is 0.106. The highest BCUT2D eigenvalue weighted by atomic mass is 19.1. The van der Waals surface area contributed by atoms with Gasteiger partial charge in [-0.1, -0.05) is 0 Å². The molecule has 4 heterocycles. The normalized spacial score (nSPS) is 18.4. The van der Waals surface area contributed by atoms with Crippen molar-refractivity contribution in [3.05, 3.63) is 61.7 Å². The number of nitrogens with zero attached hydrogens (tertiary/aromatic N) is 3. The minimum atomic E-state index is -1.60. The second-order valence-corrected chi connectivity index (χ2v) is 10.5. The molecule has 0 spiro atoms. The fraction of sp³-hybridized carbons (Fsp3) is 0.393. The Morgan fingerprint density at radius 1 is 1.29 bits per heavy atom. The average Bonchev–Trinajstić information content (AvgIpc) is 3.32. The number of pyridine rings is 2. The average molecular weight is 566 g/mol. The predicted molar refractivity (Wildman–Crippen MR) is 142 cm³/mol. The largest absolute Gasteiger partial charge is 0.458 e. The molecule has 4 N–H and O–H groups in total. The van der Waals surface area contributed by atoms with Crippen LogP contribution in [-0.2, 0) is 43.4 Å². The Morgan fingerprint density at radius 2 is 2.07 bits per heavy atom. The summed E-state index contributed by atoms with van der Waals surface area (Å²) >= 11 is 0. The molecule has 0 bridgehead atoms. The van der Waals surface area contributed by atoms with Crippen LogP contribution in [0.3, 0.4) is 0 Å². The van der Waals surface area contributed by atoms with Crippen LogP contribution in [0.1, 0.15) is 51.9 Å². The number of amides is 2. The number of ether oxygens (including phenoxy) is 2. The first-order chi connectivity index (χ1) is 19.6. The van der Waals surface area contributed by atoms with E-state index in [0.717, 1.165) is 16.5 Å². The number of cyclic esters (lactones) is 1. The van der Waals surface area contributed by atoms with Gasteiger partial charge in [0.05, 0.1) is 41.6 Å². The van der Waals surface area contributed by atoms with E-state index in [2.05, 4.69) is 5.32 Å². The van der Waals surface area contributed by atoms with E-state index in [0.29, 0.717) is 40.9 Å². The number of benzene rings is 1. The van der Waals surface area contributed by atoms with Crippen LogP contribution in [0.15, 0.2) is 16.9 Å². The molecule has 1 aliphatic carbocycles. The molecule has 3 aromatic rings. The smallest absolute Gasteiger partial charge is 0.340 e. The van der Waals surface area contributed by atoms with Crippen LogP contribution in [0.4, 0.5) is 4.39 Å².